The zero-order valence-electron chi connectivity index (χ0n) is 11.7. The number of carbonyl (C=O) groups excluding carboxylic acids is 1. The minimum absolute atomic E-state index is 0.0202. The molecule has 0 aliphatic rings. The van der Waals surface area contributed by atoms with Crippen LogP contribution in [0.2, 0.25) is 0 Å². The summed E-state index contributed by atoms with van der Waals surface area (Å²) in [6.07, 6.45) is 1.60. The van der Waals surface area contributed by atoms with E-state index in [0.717, 1.165) is 5.39 Å². The first-order valence-corrected chi connectivity index (χ1v) is 7.80. The van der Waals surface area contributed by atoms with Gasteiger partial charge in [0.05, 0.1) is 5.75 Å². The number of rotatable bonds is 4. The minimum atomic E-state index is -4.28. The normalized spacial score (nSPS) is 11.6. The summed E-state index contributed by atoms with van der Waals surface area (Å²) in [7, 11) is -0.966. The van der Waals surface area contributed by atoms with Crippen molar-refractivity contribution in [2.24, 2.45) is 0 Å². The van der Waals surface area contributed by atoms with E-state index in [1.54, 1.807) is 44.6 Å². The van der Waals surface area contributed by atoms with Crippen LogP contribution in [0.25, 0.3) is 10.9 Å². The van der Waals surface area contributed by atoms with Crippen LogP contribution in [-0.2, 0) is 16.7 Å². The van der Waals surface area contributed by atoms with Gasteiger partial charge in [0.15, 0.2) is 12.7 Å². The van der Waals surface area contributed by atoms with Gasteiger partial charge in [0.25, 0.3) is 5.91 Å². The van der Waals surface area contributed by atoms with Crippen molar-refractivity contribution < 1.29 is 22.4 Å². The van der Waals surface area contributed by atoms with Crippen LogP contribution in [0.1, 0.15) is 10.4 Å². The average Bonchev–Trinajstić information content (AvgIpc) is 2.42. The zero-order chi connectivity index (χ0) is 15.6. The highest BCUT2D eigenvalue weighted by molar-refractivity contribution is 7.85. The molecule has 1 amide bonds. The molecule has 0 spiro atoms. The molecule has 8 heteroatoms. The Kier molecular flexibility index (Phi) is 4.19. The first kappa shape index (κ1) is 15.3. The minimum Gasteiger partial charge on any atom is -0.748 e. The Hall–Kier alpha value is -2.06. The van der Waals surface area contributed by atoms with Crippen LogP contribution >= 0.6 is 0 Å². The average molecular weight is 309 g/mol. The molecule has 0 saturated heterocycles. The summed E-state index contributed by atoms with van der Waals surface area (Å²) in [6, 6.07) is 6.87. The molecule has 0 aliphatic heterocycles. The molecule has 0 N–H and O–H groups in total. The van der Waals surface area contributed by atoms with E-state index in [2.05, 4.69) is 5.10 Å². The lowest BCUT2D eigenvalue weighted by atomic mass is 10.1. The van der Waals surface area contributed by atoms with Crippen molar-refractivity contribution in [2.75, 3.05) is 19.8 Å². The number of hydrogen-bond donors (Lipinski definition) is 0. The number of benzene rings is 1. The molecule has 0 aliphatic carbocycles. The first-order valence-electron chi connectivity index (χ1n) is 6.22. The molecular formula is C13H15N3O4S. The number of aromatic nitrogens is 2. The number of aryl methyl sites for hydroxylation is 1. The number of fused-ring (bicyclic) bond motifs is 1. The van der Waals surface area contributed by atoms with Gasteiger partial charge in [0.1, 0.15) is 15.6 Å². The Morgan fingerprint density at radius 1 is 1.33 bits per heavy atom. The van der Waals surface area contributed by atoms with Crippen LogP contribution in [0, 0.1) is 0 Å². The molecule has 112 valence electrons. The monoisotopic (exact) mass is 309 g/mol. The van der Waals surface area contributed by atoms with Crippen LogP contribution in [0.4, 0.5) is 0 Å². The van der Waals surface area contributed by atoms with E-state index in [0.29, 0.717) is 11.1 Å². The lowest BCUT2D eigenvalue weighted by Crippen LogP contribution is -2.40. The van der Waals surface area contributed by atoms with Gasteiger partial charge in [-0.1, -0.05) is 10.7 Å². The highest BCUT2D eigenvalue weighted by Gasteiger charge is 2.12. The predicted molar refractivity (Wildman–Crippen MR) is 74.5 cm³/mol. The summed E-state index contributed by atoms with van der Waals surface area (Å²) in [5.41, 5.74) is 1.06. The number of amides is 1. The lowest BCUT2D eigenvalue weighted by Gasteiger charge is -2.10. The molecule has 1 aromatic heterocycles. The van der Waals surface area contributed by atoms with E-state index in [9.17, 15) is 17.8 Å². The second-order valence-electron chi connectivity index (χ2n) is 4.81. The Bertz CT molecular complexity index is 787. The van der Waals surface area contributed by atoms with Crippen LogP contribution < -0.4 is 4.68 Å². The predicted octanol–water partition coefficient (Wildman–Crippen LogP) is -0.231. The summed E-state index contributed by atoms with van der Waals surface area (Å²) >= 11 is 0. The Morgan fingerprint density at radius 3 is 2.67 bits per heavy atom. The second-order valence-corrected chi connectivity index (χ2v) is 6.34. The summed E-state index contributed by atoms with van der Waals surface area (Å²) < 4.78 is 33.3. The second kappa shape index (κ2) is 5.74. The lowest BCUT2D eigenvalue weighted by molar-refractivity contribution is -0.747. The Balaban J connectivity index is 2.34. The molecule has 21 heavy (non-hydrogen) atoms. The van der Waals surface area contributed by atoms with Gasteiger partial charge >= 0.3 is 0 Å². The Morgan fingerprint density at radius 2 is 2.05 bits per heavy atom. The van der Waals surface area contributed by atoms with Gasteiger partial charge < -0.3 is 9.45 Å². The highest BCUT2D eigenvalue weighted by Crippen LogP contribution is 2.13. The molecule has 7 nitrogen and oxygen atoms in total. The van der Waals surface area contributed by atoms with Crippen molar-refractivity contribution >= 4 is 26.9 Å². The summed E-state index contributed by atoms with van der Waals surface area (Å²) in [6.45, 7) is -0.0202. The van der Waals surface area contributed by atoms with Crippen molar-refractivity contribution in [1.29, 1.82) is 0 Å². The third-order valence-corrected chi connectivity index (χ3v) is 3.60. The van der Waals surface area contributed by atoms with Gasteiger partial charge in [0.2, 0.25) is 0 Å². The van der Waals surface area contributed by atoms with Crippen LogP contribution in [0.5, 0.6) is 0 Å². The fourth-order valence-corrected chi connectivity index (χ4v) is 2.24. The van der Waals surface area contributed by atoms with E-state index in [4.69, 9.17) is 0 Å². The molecule has 0 radical (unpaired) electrons. The standard InChI is InChI=1S/C13H15N3O4S/c1-15(2)13(17)11-4-3-10-5-6-16(14-12(10)9-11)7-8-21(18,19)20/h3-6,9H,7-8H2,1-2H3. The van der Waals surface area contributed by atoms with Crippen molar-refractivity contribution in [3.8, 4) is 0 Å². The maximum Gasteiger partial charge on any atom is 0.253 e. The van der Waals surface area contributed by atoms with Gasteiger partial charge in [-0.2, -0.15) is 0 Å². The number of carbonyl (C=O) groups is 1. The quantitative estimate of drug-likeness (QED) is 0.574. The van der Waals surface area contributed by atoms with Gasteiger partial charge in [-0.25, -0.2) is 8.42 Å². The largest absolute Gasteiger partial charge is 0.748 e. The summed E-state index contributed by atoms with van der Waals surface area (Å²) in [5, 5.41) is 5.05. The zero-order valence-corrected chi connectivity index (χ0v) is 12.5. The SMILES string of the molecule is CN(C)C(=O)c1ccc2cc[n+](CCS(=O)(=O)[O-])nc2c1. The molecule has 0 fully saturated rings. The van der Waals surface area contributed by atoms with Crippen molar-refractivity contribution in [2.45, 2.75) is 6.54 Å². The summed E-state index contributed by atoms with van der Waals surface area (Å²) in [4.78, 5) is 13.4. The molecule has 1 heterocycles. The van der Waals surface area contributed by atoms with Crippen LogP contribution in [-0.4, -0.2) is 48.7 Å². The van der Waals surface area contributed by atoms with E-state index in [1.807, 2.05) is 0 Å². The topological polar surface area (TPSA) is 94.3 Å². The third kappa shape index (κ3) is 3.96. The van der Waals surface area contributed by atoms with Crippen molar-refractivity contribution in [3.63, 3.8) is 0 Å². The van der Waals surface area contributed by atoms with Gasteiger partial charge in [-0.05, 0) is 12.1 Å². The third-order valence-electron chi connectivity index (χ3n) is 2.92. The van der Waals surface area contributed by atoms with Gasteiger partial charge in [-0.15, -0.1) is 0 Å². The van der Waals surface area contributed by atoms with Gasteiger partial charge in [-0.3, -0.25) is 4.79 Å². The summed E-state index contributed by atoms with van der Waals surface area (Å²) in [5.74, 6) is -0.664. The van der Waals surface area contributed by atoms with Gasteiger partial charge in [0, 0.05) is 36.2 Å². The van der Waals surface area contributed by atoms with E-state index in [-0.39, 0.29) is 12.5 Å². The Labute approximate surface area is 122 Å². The number of nitrogens with zero attached hydrogens (tertiary/aromatic N) is 3. The molecule has 0 saturated carbocycles. The molecule has 0 unspecified atom stereocenters. The van der Waals surface area contributed by atoms with E-state index < -0.39 is 15.9 Å². The van der Waals surface area contributed by atoms with Crippen LogP contribution in [0.3, 0.4) is 0 Å². The van der Waals surface area contributed by atoms with Crippen LogP contribution in [0.15, 0.2) is 30.5 Å². The molecular weight excluding hydrogens is 294 g/mol. The fourth-order valence-electron chi connectivity index (χ4n) is 1.83. The van der Waals surface area contributed by atoms with Crippen molar-refractivity contribution in [1.82, 2.24) is 10.00 Å². The molecule has 1 aromatic carbocycles. The molecule has 2 rings (SSSR count). The number of hydrogen-bond acceptors (Lipinski definition) is 5. The molecule has 2 aromatic rings. The molecule has 0 bridgehead atoms. The molecule has 0 atom stereocenters. The highest BCUT2D eigenvalue weighted by atomic mass is 32.2. The first-order chi connectivity index (χ1) is 9.76. The van der Waals surface area contributed by atoms with Crippen molar-refractivity contribution in [3.05, 3.63) is 36.0 Å². The van der Waals surface area contributed by atoms with E-state index >= 15 is 0 Å². The smallest absolute Gasteiger partial charge is 0.253 e. The fraction of sp³-hybridized carbons (Fsp3) is 0.308. The van der Waals surface area contributed by atoms with E-state index in [1.165, 1.54) is 9.58 Å². The maximum atomic E-state index is 11.9. The maximum absolute atomic E-state index is 11.9.